The fourth-order valence-corrected chi connectivity index (χ4v) is 5.89. The molecule has 3 nitrogen and oxygen atoms in total. The molecule has 0 aromatic carbocycles. The van der Waals surface area contributed by atoms with Gasteiger partial charge in [-0.2, -0.15) is 0 Å². The van der Waals surface area contributed by atoms with Crippen LogP contribution in [0.4, 0.5) is 0 Å². The van der Waals surface area contributed by atoms with E-state index in [0.29, 0.717) is 11.8 Å². The molecule has 0 unspecified atom stereocenters. The highest BCUT2D eigenvalue weighted by Crippen LogP contribution is 2.67. The van der Waals surface area contributed by atoms with E-state index in [4.69, 9.17) is 9.15 Å². The monoisotopic (exact) mass is 316 g/mol. The first kappa shape index (κ1) is 15.5. The third-order valence-corrected chi connectivity index (χ3v) is 7.45. The third-order valence-electron chi connectivity index (χ3n) is 7.45. The molecule has 3 heteroatoms. The Kier molecular flexibility index (Phi) is 3.51. The number of hydrogen-bond acceptors (Lipinski definition) is 3. The predicted octanol–water partition coefficient (Wildman–Crippen LogP) is 4.32. The van der Waals surface area contributed by atoms with E-state index in [1.165, 1.54) is 11.1 Å². The molecule has 2 bridgehead atoms. The summed E-state index contributed by atoms with van der Waals surface area (Å²) in [6, 6.07) is 2.04. The molecule has 3 aliphatic rings. The van der Waals surface area contributed by atoms with Gasteiger partial charge in [-0.1, -0.05) is 25.5 Å². The quantitative estimate of drug-likeness (QED) is 0.845. The molecule has 126 valence electrons. The molecule has 2 heterocycles. The molecular formula is C20H28O3. The summed E-state index contributed by atoms with van der Waals surface area (Å²) in [4.78, 5) is 0. The van der Waals surface area contributed by atoms with Crippen LogP contribution in [-0.4, -0.2) is 17.5 Å². The van der Waals surface area contributed by atoms with Crippen LogP contribution in [0.5, 0.6) is 0 Å². The van der Waals surface area contributed by atoms with Gasteiger partial charge in [-0.15, -0.1) is 0 Å². The lowest BCUT2D eigenvalue weighted by Crippen LogP contribution is -2.54. The molecule has 1 saturated heterocycles. The first-order valence-corrected chi connectivity index (χ1v) is 9.00. The maximum absolute atomic E-state index is 10.9. The lowest BCUT2D eigenvalue weighted by Gasteiger charge is -2.56. The van der Waals surface area contributed by atoms with Crippen molar-refractivity contribution in [3.63, 3.8) is 0 Å². The van der Waals surface area contributed by atoms with Gasteiger partial charge in [0.1, 0.15) is 0 Å². The number of fused-ring (bicyclic) bond motifs is 4. The maximum Gasteiger partial charge on any atom is 0.161 e. The van der Waals surface area contributed by atoms with Gasteiger partial charge < -0.3 is 14.3 Å². The smallest absolute Gasteiger partial charge is 0.161 e. The molecule has 0 spiro atoms. The minimum atomic E-state index is -0.632. The van der Waals surface area contributed by atoms with Crippen LogP contribution in [0, 0.1) is 22.7 Å². The Hall–Kier alpha value is -1.06. The highest BCUT2D eigenvalue weighted by molar-refractivity contribution is 5.25. The average molecular weight is 316 g/mol. The molecule has 1 aliphatic heterocycles. The summed E-state index contributed by atoms with van der Waals surface area (Å²) in [6.45, 7) is 6.97. The highest BCUT2D eigenvalue weighted by Gasteiger charge is 2.66. The van der Waals surface area contributed by atoms with Crippen LogP contribution >= 0.6 is 0 Å². The minimum absolute atomic E-state index is 0.134. The second kappa shape index (κ2) is 5.22. The summed E-state index contributed by atoms with van der Waals surface area (Å²) in [5.41, 5.74) is 2.75. The Morgan fingerprint density at radius 1 is 1.39 bits per heavy atom. The molecule has 1 aromatic heterocycles. The van der Waals surface area contributed by atoms with Gasteiger partial charge in [0.15, 0.2) is 6.29 Å². The minimum Gasteiger partial charge on any atom is -0.472 e. The second-order valence-electron chi connectivity index (χ2n) is 8.20. The van der Waals surface area contributed by atoms with Gasteiger partial charge in [-0.25, -0.2) is 0 Å². The van der Waals surface area contributed by atoms with Gasteiger partial charge in [0.25, 0.3) is 0 Å². The maximum atomic E-state index is 10.9. The van der Waals surface area contributed by atoms with Crippen molar-refractivity contribution in [3.05, 3.63) is 35.8 Å². The standard InChI is InChI=1S/C20H28O3/c1-13-5-4-6-17-19(13,3)11-16-14(2)20(17,18(21)23-16)9-7-15-8-10-22-12-15/h5,8,10,12,14,16-18,21H,4,6-7,9,11H2,1-3H3/t14-,16-,17-,18+,19+,20+/m0/s1. The SMILES string of the molecule is CC1=CCC[C@@H]2[C@]3(CCc4ccoc4)[C@H](O)O[C@@H](C[C@]12C)[C@@H]3C. The number of hydrogen-bond donors (Lipinski definition) is 1. The van der Waals surface area contributed by atoms with Crippen molar-refractivity contribution in [1.29, 1.82) is 0 Å². The molecule has 4 rings (SSSR count). The number of allylic oxidation sites excluding steroid dienone is 2. The fourth-order valence-electron chi connectivity index (χ4n) is 5.89. The Bertz CT molecular complexity index is 604. The van der Waals surface area contributed by atoms with Gasteiger partial charge in [-0.05, 0) is 67.9 Å². The Morgan fingerprint density at radius 3 is 2.96 bits per heavy atom. The van der Waals surface area contributed by atoms with E-state index in [0.717, 1.165) is 32.1 Å². The van der Waals surface area contributed by atoms with Gasteiger partial charge in [-0.3, -0.25) is 0 Å². The van der Waals surface area contributed by atoms with E-state index in [1.54, 1.807) is 6.26 Å². The topological polar surface area (TPSA) is 42.6 Å². The van der Waals surface area contributed by atoms with Gasteiger partial charge in [0.2, 0.25) is 0 Å². The molecular weight excluding hydrogens is 288 g/mol. The first-order valence-electron chi connectivity index (χ1n) is 9.00. The van der Waals surface area contributed by atoms with Crippen molar-refractivity contribution >= 4 is 0 Å². The summed E-state index contributed by atoms with van der Waals surface area (Å²) in [5.74, 6) is 0.907. The summed E-state index contributed by atoms with van der Waals surface area (Å²) < 4.78 is 11.3. The number of aryl methyl sites for hydroxylation is 1. The first-order chi connectivity index (χ1) is 11.0. The van der Waals surface area contributed by atoms with E-state index in [2.05, 4.69) is 26.8 Å². The van der Waals surface area contributed by atoms with Crippen LogP contribution in [0.15, 0.2) is 34.7 Å². The van der Waals surface area contributed by atoms with E-state index in [-0.39, 0.29) is 16.9 Å². The number of ether oxygens (including phenoxy) is 1. The summed E-state index contributed by atoms with van der Waals surface area (Å²) in [7, 11) is 0. The van der Waals surface area contributed by atoms with Gasteiger partial charge in [0.05, 0.1) is 18.6 Å². The number of aliphatic hydroxyl groups is 1. The van der Waals surface area contributed by atoms with E-state index < -0.39 is 6.29 Å². The van der Waals surface area contributed by atoms with Crippen LogP contribution in [-0.2, 0) is 11.2 Å². The Morgan fingerprint density at radius 2 is 2.22 bits per heavy atom. The van der Waals surface area contributed by atoms with Crippen LogP contribution in [0.3, 0.4) is 0 Å². The van der Waals surface area contributed by atoms with Crippen LogP contribution < -0.4 is 0 Å². The van der Waals surface area contributed by atoms with Crippen molar-refractivity contribution in [2.24, 2.45) is 22.7 Å². The van der Waals surface area contributed by atoms with Crippen molar-refractivity contribution in [2.75, 3.05) is 0 Å². The number of aliphatic hydroxyl groups excluding tert-OH is 1. The summed E-state index contributed by atoms with van der Waals surface area (Å²) in [6.07, 6.45) is 10.8. The van der Waals surface area contributed by atoms with Crippen LogP contribution in [0.1, 0.15) is 52.0 Å². The zero-order chi connectivity index (χ0) is 16.2. The van der Waals surface area contributed by atoms with Crippen molar-refractivity contribution in [1.82, 2.24) is 0 Å². The summed E-state index contributed by atoms with van der Waals surface area (Å²) in [5, 5.41) is 10.9. The van der Waals surface area contributed by atoms with Crippen molar-refractivity contribution < 1.29 is 14.3 Å². The van der Waals surface area contributed by atoms with E-state index in [1.807, 2.05) is 12.3 Å². The molecule has 1 N–H and O–H groups in total. The number of furan rings is 1. The number of rotatable bonds is 3. The predicted molar refractivity (Wildman–Crippen MR) is 88.7 cm³/mol. The second-order valence-corrected chi connectivity index (χ2v) is 8.20. The van der Waals surface area contributed by atoms with Crippen LogP contribution in [0.25, 0.3) is 0 Å². The largest absolute Gasteiger partial charge is 0.472 e. The molecule has 2 fully saturated rings. The van der Waals surface area contributed by atoms with Gasteiger partial charge in [0, 0.05) is 5.41 Å². The molecule has 23 heavy (non-hydrogen) atoms. The Balaban J connectivity index is 1.72. The molecule has 6 atom stereocenters. The summed E-state index contributed by atoms with van der Waals surface area (Å²) >= 11 is 0. The molecule has 0 amide bonds. The van der Waals surface area contributed by atoms with Crippen LogP contribution in [0.2, 0.25) is 0 Å². The fraction of sp³-hybridized carbons (Fsp3) is 0.700. The molecule has 0 radical (unpaired) electrons. The molecule has 2 aliphatic carbocycles. The Labute approximate surface area is 138 Å². The van der Waals surface area contributed by atoms with E-state index in [9.17, 15) is 5.11 Å². The van der Waals surface area contributed by atoms with E-state index >= 15 is 0 Å². The lowest BCUT2D eigenvalue weighted by molar-refractivity contribution is -0.150. The zero-order valence-electron chi connectivity index (χ0n) is 14.4. The average Bonchev–Trinajstić information content (AvgIpc) is 3.08. The zero-order valence-corrected chi connectivity index (χ0v) is 14.4. The van der Waals surface area contributed by atoms with Crippen molar-refractivity contribution in [3.8, 4) is 0 Å². The molecule has 1 aromatic rings. The third kappa shape index (κ3) is 2.02. The highest BCUT2D eigenvalue weighted by atomic mass is 16.6. The van der Waals surface area contributed by atoms with Gasteiger partial charge >= 0.3 is 0 Å². The lowest BCUT2D eigenvalue weighted by atomic mass is 9.46. The normalized spacial score (nSPS) is 45.7. The van der Waals surface area contributed by atoms with Crippen molar-refractivity contribution in [2.45, 2.75) is 65.3 Å². The molecule has 1 saturated carbocycles.